The third kappa shape index (κ3) is 13.0. The number of unbranched alkanes of at least 4 members (excludes halogenated alkanes) is 1. The minimum absolute atomic E-state index is 0.0593. The van der Waals surface area contributed by atoms with E-state index in [4.69, 9.17) is 14.2 Å². The van der Waals surface area contributed by atoms with Gasteiger partial charge in [0.05, 0.1) is 24.3 Å². The molecule has 4 heterocycles. The molecule has 0 radical (unpaired) electrons. The average molecular weight is 916 g/mol. The zero-order valence-corrected chi connectivity index (χ0v) is 38.1. The van der Waals surface area contributed by atoms with Crippen molar-refractivity contribution >= 4 is 23.0 Å². The number of ether oxygens (including phenoxy) is 3. The summed E-state index contributed by atoms with van der Waals surface area (Å²) in [6.45, 7) is 4.29. The predicted molar refractivity (Wildman–Crippen MR) is 255 cm³/mol. The van der Waals surface area contributed by atoms with E-state index in [2.05, 4.69) is 25.8 Å². The van der Waals surface area contributed by atoms with E-state index in [1.807, 2.05) is 78.9 Å². The molecule has 3 saturated heterocycles. The van der Waals surface area contributed by atoms with Gasteiger partial charge >= 0.3 is 12.1 Å². The Morgan fingerprint density at radius 3 is 2.36 bits per heavy atom. The van der Waals surface area contributed by atoms with Gasteiger partial charge in [-0.25, -0.2) is 4.79 Å². The van der Waals surface area contributed by atoms with E-state index in [0.29, 0.717) is 59.9 Å². The molecule has 0 spiro atoms. The highest BCUT2D eigenvalue weighted by atomic mass is 16.6. The maximum atomic E-state index is 13.5. The van der Waals surface area contributed by atoms with Gasteiger partial charge in [0, 0.05) is 24.5 Å². The van der Waals surface area contributed by atoms with Crippen molar-refractivity contribution in [2.75, 3.05) is 39.3 Å². The SMILES string of the molecule is O=C(N[C@@H](c1ccccc1)c1cccc(OCc2ccc(C(O)N[C@@H](CC3CCCCC3)C(=O)OCCCCNC[C@H](O)c3ccc(O)c4[nH]c(=O)ccc34)cc2)c1)O[C@H]1CN2CCC1CC2. The van der Waals surface area contributed by atoms with Crippen LogP contribution in [0, 0.1) is 11.8 Å². The van der Waals surface area contributed by atoms with Crippen molar-refractivity contribution in [1.82, 2.24) is 25.8 Å². The zero-order valence-electron chi connectivity index (χ0n) is 38.1. The van der Waals surface area contributed by atoms with E-state index >= 15 is 0 Å². The molecule has 9 rings (SSSR count). The molecular weight excluding hydrogens is 851 g/mol. The molecule has 3 aliphatic heterocycles. The Bertz CT molecular complexity index is 2440. The quantitative estimate of drug-likeness (QED) is 0.0221. The summed E-state index contributed by atoms with van der Waals surface area (Å²) in [6, 6.07) is 30.0. The maximum Gasteiger partial charge on any atom is 0.408 e. The molecule has 1 unspecified atom stereocenters. The molecule has 356 valence electrons. The Labute approximate surface area is 392 Å². The summed E-state index contributed by atoms with van der Waals surface area (Å²) < 4.78 is 18.0. The van der Waals surface area contributed by atoms with Gasteiger partial charge in [0.25, 0.3) is 0 Å². The predicted octanol–water partition coefficient (Wildman–Crippen LogP) is 7.29. The van der Waals surface area contributed by atoms with E-state index in [9.17, 15) is 29.7 Å². The van der Waals surface area contributed by atoms with Crippen LogP contribution in [0.15, 0.2) is 108 Å². The van der Waals surface area contributed by atoms with Gasteiger partial charge in [0.2, 0.25) is 5.56 Å². The van der Waals surface area contributed by atoms with Gasteiger partial charge in [-0.2, -0.15) is 0 Å². The standard InChI is InChI=1S/C53H65N5O9/c59-45-22-20-42(43-21-23-48(61)56-50(43)45)46(60)32-54-26-7-8-29-65-52(63)44(30-35-10-3-1-4-11-35)55-51(62)39-18-16-36(17-19-39)34-66-41-15-9-14-40(31-41)49(38-12-5-2-6-13-38)57-53(64)67-47-33-58-27-24-37(47)25-28-58/h2,5-6,9,12-23,31,35,37,44,46-47,49,51,54-55,59-60,62H,1,3-4,7-8,10-11,24-30,32-34H2,(H,56,61)(H,57,64)/t44-,46-,47-,49-,51?/m0/s1. The van der Waals surface area contributed by atoms with Crippen molar-refractivity contribution in [2.45, 2.75) is 101 Å². The number of aromatic nitrogens is 1. The summed E-state index contributed by atoms with van der Waals surface area (Å²) in [4.78, 5) is 43.6. The first-order valence-corrected chi connectivity index (χ1v) is 24.1. The fraction of sp³-hybridized carbons (Fsp3) is 0.453. The van der Waals surface area contributed by atoms with Gasteiger partial charge in [0.15, 0.2) is 0 Å². The number of nitrogens with zero attached hydrogens (tertiary/aromatic N) is 1. The number of H-pyrrole nitrogens is 1. The largest absolute Gasteiger partial charge is 0.506 e. The van der Waals surface area contributed by atoms with Crippen molar-refractivity contribution in [1.29, 1.82) is 0 Å². The van der Waals surface area contributed by atoms with Gasteiger partial charge < -0.3 is 45.1 Å². The third-order valence-corrected chi connectivity index (χ3v) is 13.7. The maximum absolute atomic E-state index is 13.5. The molecule has 1 aromatic heterocycles. The number of alkyl carbamates (subject to hydrolysis) is 1. The van der Waals surface area contributed by atoms with Crippen LogP contribution in [0.25, 0.3) is 10.9 Å². The van der Waals surface area contributed by atoms with E-state index in [1.54, 1.807) is 12.1 Å². The molecule has 5 atom stereocenters. The Kier molecular flexibility index (Phi) is 16.6. The van der Waals surface area contributed by atoms with Gasteiger partial charge in [0.1, 0.15) is 36.5 Å². The Morgan fingerprint density at radius 2 is 1.60 bits per heavy atom. The number of carbonyl (C=O) groups excluding carboxylic acids is 2. The number of hydrogen-bond donors (Lipinski definition) is 7. The number of hydrogen-bond acceptors (Lipinski definition) is 12. The highest BCUT2D eigenvalue weighted by molar-refractivity contribution is 5.87. The molecule has 4 aliphatic rings. The topological polar surface area (TPSA) is 195 Å². The number of aliphatic hydroxyl groups is 2. The number of carbonyl (C=O) groups is 2. The number of esters is 1. The normalized spacial score (nSPS) is 20.1. The summed E-state index contributed by atoms with van der Waals surface area (Å²) in [5.74, 6) is 0.988. The summed E-state index contributed by atoms with van der Waals surface area (Å²) in [7, 11) is 0. The monoisotopic (exact) mass is 915 g/mol. The fourth-order valence-electron chi connectivity index (χ4n) is 9.88. The van der Waals surface area contributed by atoms with Crippen LogP contribution in [-0.4, -0.2) is 88.7 Å². The Hall–Kier alpha value is -5.77. The lowest BCUT2D eigenvalue weighted by Gasteiger charge is -2.43. The number of phenols is 1. The molecule has 4 aromatic carbocycles. The van der Waals surface area contributed by atoms with Crippen molar-refractivity contribution in [2.24, 2.45) is 11.8 Å². The van der Waals surface area contributed by atoms with Crippen LogP contribution in [0.1, 0.15) is 110 Å². The third-order valence-electron chi connectivity index (χ3n) is 13.7. The Morgan fingerprint density at radius 1 is 0.821 bits per heavy atom. The molecule has 14 nitrogen and oxygen atoms in total. The van der Waals surface area contributed by atoms with E-state index in [0.717, 1.165) is 74.8 Å². The van der Waals surface area contributed by atoms with Crippen LogP contribution in [0.3, 0.4) is 0 Å². The highest BCUT2D eigenvalue weighted by Crippen LogP contribution is 2.32. The molecule has 7 N–H and O–H groups in total. The first kappa shape index (κ1) is 47.7. The first-order chi connectivity index (χ1) is 32.7. The number of aromatic hydroxyl groups is 1. The summed E-state index contributed by atoms with van der Waals surface area (Å²) in [6.07, 6.45) is 7.10. The highest BCUT2D eigenvalue weighted by Gasteiger charge is 2.37. The zero-order chi connectivity index (χ0) is 46.5. The number of aromatic amines is 1. The summed E-state index contributed by atoms with van der Waals surface area (Å²) in [5, 5.41) is 42.5. The number of pyridine rings is 1. The molecule has 1 saturated carbocycles. The van der Waals surface area contributed by atoms with Crippen LogP contribution in [-0.2, 0) is 20.9 Å². The number of rotatable bonds is 21. The van der Waals surface area contributed by atoms with E-state index in [1.165, 1.54) is 18.6 Å². The average Bonchev–Trinajstić information content (AvgIpc) is 3.35. The van der Waals surface area contributed by atoms with E-state index in [-0.39, 0.29) is 48.7 Å². The molecule has 14 heteroatoms. The fourth-order valence-corrected chi connectivity index (χ4v) is 9.88. The second kappa shape index (κ2) is 23.3. The van der Waals surface area contributed by atoms with Crippen molar-refractivity contribution in [3.63, 3.8) is 0 Å². The second-order valence-corrected chi connectivity index (χ2v) is 18.4. The number of fused-ring (bicyclic) bond motifs is 4. The first-order valence-electron chi connectivity index (χ1n) is 24.1. The molecule has 2 bridgehead atoms. The number of phenolic OH excluding ortho intramolecular Hbond substituents is 1. The lowest BCUT2D eigenvalue weighted by Crippen LogP contribution is -2.52. The van der Waals surface area contributed by atoms with Crippen LogP contribution in [0.2, 0.25) is 0 Å². The number of nitrogens with one attached hydrogen (secondary N) is 4. The molecule has 1 amide bonds. The van der Waals surface area contributed by atoms with Gasteiger partial charge in [-0.15, -0.1) is 0 Å². The minimum atomic E-state index is -1.09. The van der Waals surface area contributed by atoms with Crippen LogP contribution >= 0.6 is 0 Å². The smallest absolute Gasteiger partial charge is 0.408 e. The molecule has 67 heavy (non-hydrogen) atoms. The summed E-state index contributed by atoms with van der Waals surface area (Å²) in [5.41, 5.74) is 3.86. The molecule has 4 fully saturated rings. The van der Waals surface area contributed by atoms with Gasteiger partial charge in [-0.05, 0) is 116 Å². The number of aliphatic hydroxyl groups excluding tert-OH is 2. The molecule has 1 aliphatic carbocycles. The second-order valence-electron chi connectivity index (χ2n) is 18.4. The number of benzene rings is 4. The molecule has 5 aromatic rings. The van der Waals surface area contributed by atoms with Crippen LogP contribution < -0.4 is 26.2 Å². The number of piperidine rings is 3. The van der Waals surface area contributed by atoms with Crippen molar-refractivity contribution < 1.29 is 39.1 Å². The molecular formula is C53H65N5O9. The van der Waals surface area contributed by atoms with Gasteiger partial charge in [-0.3, -0.25) is 19.8 Å². The van der Waals surface area contributed by atoms with E-state index < -0.39 is 30.5 Å². The minimum Gasteiger partial charge on any atom is -0.506 e. The van der Waals surface area contributed by atoms with Gasteiger partial charge in [-0.1, -0.05) is 105 Å². The van der Waals surface area contributed by atoms with Crippen LogP contribution in [0.5, 0.6) is 11.5 Å². The number of amides is 1. The van der Waals surface area contributed by atoms with Crippen molar-refractivity contribution in [3.8, 4) is 11.5 Å². The lowest BCUT2D eigenvalue weighted by atomic mass is 9.84. The van der Waals surface area contributed by atoms with Crippen LogP contribution in [0.4, 0.5) is 4.79 Å². The lowest BCUT2D eigenvalue weighted by molar-refractivity contribution is -0.148. The Balaban J connectivity index is 0.808. The van der Waals surface area contributed by atoms with Crippen molar-refractivity contribution in [3.05, 3.63) is 141 Å². The summed E-state index contributed by atoms with van der Waals surface area (Å²) >= 11 is 0.